The van der Waals surface area contributed by atoms with Crippen LogP contribution in [0.4, 0.5) is 11.6 Å². The monoisotopic (exact) mass is 565 g/mol. The lowest BCUT2D eigenvalue weighted by Crippen LogP contribution is -2.31. The molecule has 5 rings (SSSR count). The summed E-state index contributed by atoms with van der Waals surface area (Å²) >= 11 is 12.1. The van der Waals surface area contributed by atoms with Crippen molar-refractivity contribution >= 4 is 40.7 Å². The Labute approximate surface area is 235 Å². The van der Waals surface area contributed by atoms with Gasteiger partial charge in [0.15, 0.2) is 0 Å². The van der Waals surface area contributed by atoms with E-state index in [9.17, 15) is 4.79 Å². The summed E-state index contributed by atoms with van der Waals surface area (Å²) in [5.41, 5.74) is 3.33. The lowest BCUT2D eigenvalue weighted by molar-refractivity contribution is -0.113. The van der Waals surface area contributed by atoms with E-state index in [1.807, 2.05) is 37.3 Å². The molecule has 39 heavy (non-hydrogen) atoms. The second-order valence-corrected chi connectivity index (χ2v) is 9.54. The number of hydrogen-bond donors (Lipinski definition) is 2. The molecule has 0 fully saturated rings. The molecular formula is C28H25Cl2N5O4. The van der Waals surface area contributed by atoms with Crippen LogP contribution >= 0.6 is 23.2 Å². The third-order valence-electron chi connectivity index (χ3n) is 6.28. The van der Waals surface area contributed by atoms with E-state index in [1.54, 1.807) is 49.2 Å². The number of anilines is 2. The minimum atomic E-state index is -0.538. The molecule has 3 aromatic carbocycles. The predicted molar refractivity (Wildman–Crippen MR) is 150 cm³/mol. The first-order valence-electron chi connectivity index (χ1n) is 11.9. The molecule has 0 spiro atoms. The van der Waals surface area contributed by atoms with Crippen molar-refractivity contribution in [3.05, 3.63) is 99.4 Å². The Kier molecular flexibility index (Phi) is 7.63. The van der Waals surface area contributed by atoms with Gasteiger partial charge in [0.05, 0.1) is 35.5 Å². The molecule has 200 valence electrons. The number of allylic oxidation sites excluding steroid dienone is 1. The Balaban J connectivity index is 1.42. The summed E-state index contributed by atoms with van der Waals surface area (Å²) in [7, 11) is 3.10. The SMILES string of the molecule is COc1ccc(OC)c(NC(=O)C2=C(C)Nc3ncnn3[C@H]2c2ccc(OCc3ccc(Cl)c(Cl)c3)cc2)c1. The molecule has 0 radical (unpaired) electrons. The topological polar surface area (TPSA) is 99.5 Å². The van der Waals surface area contributed by atoms with E-state index in [2.05, 4.69) is 20.7 Å². The van der Waals surface area contributed by atoms with Crippen LogP contribution in [-0.4, -0.2) is 34.9 Å². The molecule has 1 atom stereocenters. The smallest absolute Gasteiger partial charge is 0.255 e. The van der Waals surface area contributed by atoms with Crippen LogP contribution in [0.5, 0.6) is 17.2 Å². The molecule has 0 saturated carbocycles. The number of halogens is 2. The molecular weight excluding hydrogens is 541 g/mol. The third kappa shape index (κ3) is 5.50. The lowest BCUT2D eigenvalue weighted by atomic mass is 9.95. The Bertz CT molecular complexity index is 1550. The highest BCUT2D eigenvalue weighted by molar-refractivity contribution is 6.42. The Hall–Kier alpha value is -4.21. The van der Waals surface area contributed by atoms with Gasteiger partial charge in [0.25, 0.3) is 5.91 Å². The highest BCUT2D eigenvalue weighted by Gasteiger charge is 2.33. The maximum Gasteiger partial charge on any atom is 0.255 e. The minimum absolute atomic E-state index is 0.322. The molecule has 0 saturated heterocycles. The maximum absolute atomic E-state index is 13.7. The number of aromatic nitrogens is 3. The van der Waals surface area contributed by atoms with Crippen molar-refractivity contribution < 1.29 is 19.0 Å². The van der Waals surface area contributed by atoms with Gasteiger partial charge in [0.2, 0.25) is 5.95 Å². The van der Waals surface area contributed by atoms with E-state index in [0.29, 0.717) is 56.8 Å². The zero-order chi connectivity index (χ0) is 27.5. The summed E-state index contributed by atoms with van der Waals surface area (Å²) in [6.45, 7) is 2.16. The molecule has 2 heterocycles. The number of fused-ring (bicyclic) bond motifs is 1. The van der Waals surface area contributed by atoms with Crippen LogP contribution in [0.1, 0.15) is 24.1 Å². The van der Waals surface area contributed by atoms with Crippen molar-refractivity contribution in [2.45, 2.75) is 19.6 Å². The van der Waals surface area contributed by atoms with Crippen molar-refractivity contribution in [1.82, 2.24) is 14.8 Å². The fourth-order valence-electron chi connectivity index (χ4n) is 4.34. The number of benzene rings is 3. The van der Waals surface area contributed by atoms with Crippen molar-refractivity contribution in [2.24, 2.45) is 0 Å². The fraction of sp³-hybridized carbons (Fsp3) is 0.179. The van der Waals surface area contributed by atoms with Gasteiger partial charge < -0.3 is 24.8 Å². The minimum Gasteiger partial charge on any atom is -0.497 e. The average Bonchev–Trinajstić information content (AvgIpc) is 3.41. The summed E-state index contributed by atoms with van der Waals surface area (Å²) in [5.74, 6) is 1.97. The molecule has 2 N–H and O–H groups in total. The zero-order valence-corrected chi connectivity index (χ0v) is 22.9. The number of hydrogen-bond acceptors (Lipinski definition) is 7. The summed E-state index contributed by atoms with van der Waals surface area (Å²) in [6, 6.07) is 17.5. The third-order valence-corrected chi connectivity index (χ3v) is 7.02. The molecule has 1 aromatic heterocycles. The Morgan fingerprint density at radius 2 is 1.77 bits per heavy atom. The first-order chi connectivity index (χ1) is 18.9. The van der Waals surface area contributed by atoms with Crippen LogP contribution in [0.2, 0.25) is 10.0 Å². The van der Waals surface area contributed by atoms with Gasteiger partial charge >= 0.3 is 0 Å². The molecule has 1 aliphatic rings. The quantitative estimate of drug-likeness (QED) is 0.266. The Morgan fingerprint density at radius 1 is 1.00 bits per heavy atom. The van der Waals surface area contributed by atoms with Crippen molar-refractivity contribution in [3.63, 3.8) is 0 Å². The van der Waals surface area contributed by atoms with Gasteiger partial charge in [-0.15, -0.1) is 0 Å². The van der Waals surface area contributed by atoms with E-state index in [4.69, 9.17) is 37.4 Å². The van der Waals surface area contributed by atoms with Gasteiger partial charge in [0, 0.05) is 11.8 Å². The van der Waals surface area contributed by atoms with Crippen LogP contribution in [-0.2, 0) is 11.4 Å². The predicted octanol–water partition coefficient (Wildman–Crippen LogP) is 6.11. The highest BCUT2D eigenvalue weighted by atomic mass is 35.5. The second kappa shape index (κ2) is 11.3. The van der Waals surface area contributed by atoms with Gasteiger partial charge in [-0.1, -0.05) is 41.4 Å². The average molecular weight is 566 g/mol. The number of rotatable bonds is 8. The number of carbonyl (C=O) groups excluding carboxylic acids is 1. The molecule has 9 nitrogen and oxygen atoms in total. The molecule has 4 aromatic rings. The van der Waals surface area contributed by atoms with Gasteiger partial charge in [-0.2, -0.15) is 10.1 Å². The molecule has 0 unspecified atom stereocenters. The summed E-state index contributed by atoms with van der Waals surface area (Å²) in [6.07, 6.45) is 1.45. The molecule has 0 aliphatic carbocycles. The van der Waals surface area contributed by atoms with Crippen molar-refractivity contribution in [2.75, 3.05) is 24.9 Å². The molecule has 1 aliphatic heterocycles. The Morgan fingerprint density at radius 3 is 2.49 bits per heavy atom. The van der Waals surface area contributed by atoms with Gasteiger partial charge in [0.1, 0.15) is 36.2 Å². The zero-order valence-electron chi connectivity index (χ0n) is 21.4. The number of carbonyl (C=O) groups is 1. The number of nitrogens with zero attached hydrogens (tertiary/aromatic N) is 3. The van der Waals surface area contributed by atoms with Gasteiger partial charge in [-0.3, -0.25) is 4.79 Å². The van der Waals surface area contributed by atoms with Gasteiger partial charge in [-0.25, -0.2) is 4.68 Å². The van der Waals surface area contributed by atoms with E-state index >= 15 is 0 Å². The van der Waals surface area contributed by atoms with E-state index in [1.165, 1.54) is 6.33 Å². The second-order valence-electron chi connectivity index (χ2n) is 8.72. The van der Waals surface area contributed by atoms with E-state index in [0.717, 1.165) is 11.1 Å². The molecule has 0 bridgehead atoms. The fourth-order valence-corrected chi connectivity index (χ4v) is 4.66. The van der Waals surface area contributed by atoms with Crippen LogP contribution in [0.3, 0.4) is 0 Å². The maximum atomic E-state index is 13.7. The standard InChI is InChI=1S/C28H25Cl2N5O4/c1-16-25(27(36)34-23-13-20(37-2)9-11-24(23)38-3)26(35-28(33-16)31-15-32-35)18-5-7-19(8-6-18)39-14-17-4-10-21(29)22(30)12-17/h4-13,15,26H,14H2,1-3H3,(H,34,36)(H,31,32,33)/t26-/m0/s1. The number of ether oxygens (including phenoxy) is 3. The van der Waals surface area contributed by atoms with Gasteiger partial charge in [-0.05, 0) is 54.4 Å². The molecule has 11 heteroatoms. The largest absolute Gasteiger partial charge is 0.497 e. The summed E-state index contributed by atoms with van der Waals surface area (Å²) in [5, 5.41) is 11.5. The highest BCUT2D eigenvalue weighted by Crippen LogP contribution is 2.37. The van der Waals surface area contributed by atoms with Crippen LogP contribution in [0, 0.1) is 0 Å². The van der Waals surface area contributed by atoms with Crippen LogP contribution < -0.4 is 24.8 Å². The van der Waals surface area contributed by atoms with Crippen LogP contribution in [0.25, 0.3) is 0 Å². The lowest BCUT2D eigenvalue weighted by Gasteiger charge is -2.29. The first-order valence-corrected chi connectivity index (χ1v) is 12.7. The van der Waals surface area contributed by atoms with Crippen LogP contribution in [0.15, 0.2) is 78.3 Å². The summed E-state index contributed by atoms with van der Waals surface area (Å²) in [4.78, 5) is 18.0. The van der Waals surface area contributed by atoms with E-state index in [-0.39, 0.29) is 5.91 Å². The first kappa shape index (κ1) is 26.4. The normalized spacial score (nSPS) is 14.3. The van der Waals surface area contributed by atoms with E-state index < -0.39 is 6.04 Å². The van der Waals surface area contributed by atoms with Crippen molar-refractivity contribution in [3.8, 4) is 17.2 Å². The number of nitrogens with one attached hydrogen (secondary N) is 2. The number of amides is 1. The summed E-state index contributed by atoms with van der Waals surface area (Å²) < 4.78 is 18.4. The van der Waals surface area contributed by atoms with Crippen molar-refractivity contribution in [1.29, 1.82) is 0 Å². The number of methoxy groups -OCH3 is 2. The molecule has 1 amide bonds.